The Morgan fingerprint density at radius 3 is 2.57 bits per heavy atom. The summed E-state index contributed by atoms with van der Waals surface area (Å²) in [5, 5.41) is 12.4. The van der Waals surface area contributed by atoms with E-state index in [9.17, 15) is 9.90 Å². The summed E-state index contributed by atoms with van der Waals surface area (Å²) in [5.74, 6) is -0.839. The Balaban J connectivity index is 3.88. The third-order valence-corrected chi connectivity index (χ3v) is 3.20. The number of carboxylic acid groups (broad SMARTS) is 1. The molecule has 0 rings (SSSR count). The van der Waals surface area contributed by atoms with Gasteiger partial charge in [-0.15, -0.1) is 0 Å². The zero-order valence-corrected chi connectivity index (χ0v) is 13.8. The maximum Gasteiger partial charge on any atom is 0.323 e. The Morgan fingerprint density at radius 1 is 1.29 bits per heavy atom. The molecule has 0 aliphatic rings. The quantitative estimate of drug-likeness (QED) is 0.476. The lowest BCUT2D eigenvalue weighted by molar-refractivity contribution is -0.146. The molecule has 6 nitrogen and oxygen atoms in total. The fourth-order valence-electron chi connectivity index (χ4n) is 1.96. The molecule has 21 heavy (non-hydrogen) atoms. The van der Waals surface area contributed by atoms with E-state index in [0.29, 0.717) is 39.4 Å². The molecule has 0 heterocycles. The van der Waals surface area contributed by atoms with E-state index in [-0.39, 0.29) is 6.10 Å². The van der Waals surface area contributed by atoms with Gasteiger partial charge in [0.25, 0.3) is 0 Å². The Labute approximate surface area is 128 Å². The first-order valence-electron chi connectivity index (χ1n) is 7.63. The van der Waals surface area contributed by atoms with Crippen molar-refractivity contribution in [1.29, 1.82) is 0 Å². The van der Waals surface area contributed by atoms with Crippen molar-refractivity contribution in [3.05, 3.63) is 0 Å². The van der Waals surface area contributed by atoms with Gasteiger partial charge in [0.15, 0.2) is 0 Å². The number of nitrogens with one attached hydrogen (secondary N) is 1. The summed E-state index contributed by atoms with van der Waals surface area (Å²) in [6.07, 6.45) is 2.01. The van der Waals surface area contributed by atoms with E-state index in [2.05, 4.69) is 5.32 Å². The standard InChI is InChI=1S/C15H31NO5/c1-5-7-16-15(3,14(17)18)12-13(2)21-9-6-8-20-11-10-19-4/h13,16H,5-12H2,1-4H3,(H,17,18). The molecule has 2 atom stereocenters. The van der Waals surface area contributed by atoms with Crippen molar-refractivity contribution in [3.8, 4) is 0 Å². The molecule has 0 saturated heterocycles. The minimum Gasteiger partial charge on any atom is -0.480 e. The lowest BCUT2D eigenvalue weighted by Crippen LogP contribution is -2.51. The SMILES string of the molecule is CCCNC(C)(CC(C)OCCCOCCOC)C(=O)O. The van der Waals surface area contributed by atoms with Gasteiger partial charge in [-0.2, -0.15) is 0 Å². The van der Waals surface area contributed by atoms with Crippen molar-refractivity contribution in [1.82, 2.24) is 5.32 Å². The number of carboxylic acids is 1. The zero-order valence-electron chi connectivity index (χ0n) is 13.8. The second kappa shape index (κ2) is 11.9. The van der Waals surface area contributed by atoms with Crippen LogP contribution >= 0.6 is 0 Å². The maximum absolute atomic E-state index is 11.4. The number of hydrogen-bond donors (Lipinski definition) is 2. The summed E-state index contributed by atoms with van der Waals surface area (Å²) in [7, 11) is 1.64. The Morgan fingerprint density at radius 2 is 2.00 bits per heavy atom. The van der Waals surface area contributed by atoms with Crippen molar-refractivity contribution in [2.24, 2.45) is 0 Å². The minimum atomic E-state index is -0.940. The summed E-state index contributed by atoms with van der Waals surface area (Å²) in [4.78, 5) is 11.4. The molecule has 2 unspecified atom stereocenters. The Kier molecular flexibility index (Phi) is 11.5. The third kappa shape index (κ3) is 9.79. The molecule has 126 valence electrons. The molecule has 0 bridgehead atoms. The minimum absolute atomic E-state index is 0.116. The lowest BCUT2D eigenvalue weighted by atomic mass is 9.94. The maximum atomic E-state index is 11.4. The van der Waals surface area contributed by atoms with Gasteiger partial charge in [0.05, 0.1) is 19.3 Å². The Hall–Kier alpha value is -0.690. The molecule has 0 aliphatic heterocycles. The van der Waals surface area contributed by atoms with E-state index >= 15 is 0 Å². The molecular formula is C15H31NO5. The molecule has 0 aliphatic carbocycles. The van der Waals surface area contributed by atoms with Crippen molar-refractivity contribution in [3.63, 3.8) is 0 Å². The van der Waals surface area contributed by atoms with Crippen LogP contribution in [-0.4, -0.2) is 62.8 Å². The summed E-state index contributed by atoms with van der Waals surface area (Å²) in [5.41, 5.74) is -0.940. The van der Waals surface area contributed by atoms with Crippen LogP contribution in [0.15, 0.2) is 0 Å². The normalized spacial score (nSPS) is 15.6. The molecule has 0 aromatic carbocycles. The fourth-order valence-corrected chi connectivity index (χ4v) is 1.96. The molecule has 0 amide bonds. The van der Waals surface area contributed by atoms with Crippen LogP contribution in [-0.2, 0) is 19.0 Å². The van der Waals surface area contributed by atoms with Gasteiger partial charge in [0.2, 0.25) is 0 Å². The van der Waals surface area contributed by atoms with E-state index in [1.165, 1.54) is 0 Å². The van der Waals surface area contributed by atoms with Crippen LogP contribution in [0, 0.1) is 0 Å². The van der Waals surface area contributed by atoms with E-state index < -0.39 is 11.5 Å². The second-order valence-electron chi connectivity index (χ2n) is 5.41. The number of methoxy groups -OCH3 is 1. The number of aliphatic carboxylic acids is 1. The van der Waals surface area contributed by atoms with Gasteiger partial charge in [-0.3, -0.25) is 4.79 Å². The van der Waals surface area contributed by atoms with E-state index in [0.717, 1.165) is 12.8 Å². The molecular weight excluding hydrogens is 274 g/mol. The van der Waals surface area contributed by atoms with Crippen molar-refractivity contribution in [2.75, 3.05) is 40.1 Å². The van der Waals surface area contributed by atoms with Crippen molar-refractivity contribution in [2.45, 2.75) is 51.7 Å². The highest BCUT2D eigenvalue weighted by Gasteiger charge is 2.34. The molecule has 0 radical (unpaired) electrons. The molecule has 0 aromatic rings. The van der Waals surface area contributed by atoms with E-state index in [1.54, 1.807) is 14.0 Å². The van der Waals surface area contributed by atoms with Crippen molar-refractivity contribution >= 4 is 5.97 Å². The average Bonchev–Trinajstić information content (AvgIpc) is 2.44. The fraction of sp³-hybridized carbons (Fsp3) is 0.933. The molecule has 0 aromatic heterocycles. The largest absolute Gasteiger partial charge is 0.480 e. The van der Waals surface area contributed by atoms with E-state index in [4.69, 9.17) is 14.2 Å². The first-order valence-corrected chi connectivity index (χ1v) is 7.63. The van der Waals surface area contributed by atoms with Crippen LogP contribution in [0.25, 0.3) is 0 Å². The van der Waals surface area contributed by atoms with Gasteiger partial charge >= 0.3 is 5.97 Å². The molecule has 6 heteroatoms. The first-order chi connectivity index (χ1) is 9.96. The molecule has 0 saturated carbocycles. The van der Waals surface area contributed by atoms with Gasteiger partial charge in [-0.25, -0.2) is 0 Å². The molecule has 0 spiro atoms. The van der Waals surface area contributed by atoms with Gasteiger partial charge in [-0.1, -0.05) is 6.92 Å². The summed E-state index contributed by atoms with van der Waals surface area (Å²) >= 11 is 0. The first kappa shape index (κ1) is 20.3. The topological polar surface area (TPSA) is 77.0 Å². The number of rotatable bonds is 14. The molecule has 0 fully saturated rings. The predicted octanol–water partition coefficient (Wildman–Crippen LogP) is 1.68. The van der Waals surface area contributed by atoms with Crippen LogP contribution in [0.5, 0.6) is 0 Å². The van der Waals surface area contributed by atoms with Gasteiger partial charge in [0.1, 0.15) is 5.54 Å². The van der Waals surface area contributed by atoms with Gasteiger partial charge in [-0.05, 0) is 33.2 Å². The summed E-state index contributed by atoms with van der Waals surface area (Å²) < 4.78 is 15.9. The summed E-state index contributed by atoms with van der Waals surface area (Å²) in [6, 6.07) is 0. The van der Waals surface area contributed by atoms with Crippen molar-refractivity contribution < 1.29 is 24.1 Å². The highest BCUT2D eigenvalue weighted by Crippen LogP contribution is 2.15. The monoisotopic (exact) mass is 305 g/mol. The highest BCUT2D eigenvalue weighted by atomic mass is 16.5. The van der Waals surface area contributed by atoms with Crippen LogP contribution in [0.3, 0.4) is 0 Å². The number of carbonyl (C=O) groups is 1. The van der Waals surface area contributed by atoms with E-state index in [1.807, 2.05) is 13.8 Å². The van der Waals surface area contributed by atoms with Gasteiger partial charge in [0, 0.05) is 26.7 Å². The second-order valence-corrected chi connectivity index (χ2v) is 5.41. The van der Waals surface area contributed by atoms with Crippen LogP contribution < -0.4 is 5.32 Å². The average molecular weight is 305 g/mol. The van der Waals surface area contributed by atoms with Gasteiger partial charge < -0.3 is 24.6 Å². The predicted molar refractivity (Wildman–Crippen MR) is 81.7 cm³/mol. The molecule has 2 N–H and O–H groups in total. The lowest BCUT2D eigenvalue weighted by Gasteiger charge is -2.29. The third-order valence-electron chi connectivity index (χ3n) is 3.20. The van der Waals surface area contributed by atoms with Crippen LogP contribution in [0.4, 0.5) is 0 Å². The van der Waals surface area contributed by atoms with Crippen LogP contribution in [0.2, 0.25) is 0 Å². The Bertz CT molecular complexity index is 275. The summed E-state index contributed by atoms with van der Waals surface area (Å²) in [6.45, 7) is 8.68. The highest BCUT2D eigenvalue weighted by molar-refractivity contribution is 5.78. The zero-order chi connectivity index (χ0) is 16.1. The number of ether oxygens (including phenoxy) is 3. The van der Waals surface area contributed by atoms with Crippen LogP contribution in [0.1, 0.15) is 40.0 Å². The number of hydrogen-bond acceptors (Lipinski definition) is 5. The smallest absolute Gasteiger partial charge is 0.323 e.